The van der Waals surface area contributed by atoms with E-state index in [2.05, 4.69) is 53.1 Å². The molecule has 0 nitrogen and oxygen atoms in total. The fraction of sp³-hybridized carbons (Fsp3) is 0.200. The van der Waals surface area contributed by atoms with Gasteiger partial charge in [-0.1, -0.05) is 28.7 Å². The molecule has 0 amide bonds. The third-order valence-electron chi connectivity index (χ3n) is 1.99. The molecular formula is C10H9IS. The van der Waals surface area contributed by atoms with E-state index in [4.69, 9.17) is 0 Å². The molecule has 0 aliphatic heterocycles. The van der Waals surface area contributed by atoms with E-state index in [-0.39, 0.29) is 0 Å². The zero-order valence-corrected chi connectivity index (χ0v) is 9.78. The fourth-order valence-electron chi connectivity index (χ4n) is 1.29. The topological polar surface area (TPSA) is 0 Å². The molecular weight excluding hydrogens is 279 g/mol. The van der Waals surface area contributed by atoms with Crippen molar-refractivity contribution in [3.05, 3.63) is 34.7 Å². The Balaban J connectivity index is 2.71. The van der Waals surface area contributed by atoms with Gasteiger partial charge in [-0.25, -0.2) is 0 Å². The van der Waals surface area contributed by atoms with Crippen molar-refractivity contribution >= 4 is 44.0 Å². The lowest BCUT2D eigenvalue weighted by Crippen LogP contribution is -1.75. The van der Waals surface area contributed by atoms with E-state index in [1.165, 1.54) is 21.2 Å². The van der Waals surface area contributed by atoms with Crippen LogP contribution in [0.1, 0.15) is 11.1 Å². The van der Waals surface area contributed by atoms with Crippen LogP contribution in [0, 0.1) is 6.92 Å². The molecule has 0 unspecified atom stereocenters. The van der Waals surface area contributed by atoms with E-state index < -0.39 is 0 Å². The maximum atomic E-state index is 2.40. The van der Waals surface area contributed by atoms with Gasteiger partial charge in [-0.15, -0.1) is 11.3 Å². The molecule has 0 radical (unpaired) electrons. The number of hydrogen-bond acceptors (Lipinski definition) is 1. The zero-order valence-electron chi connectivity index (χ0n) is 6.80. The molecule has 0 aliphatic carbocycles. The molecule has 0 saturated carbocycles. The molecule has 0 spiro atoms. The second-order valence-corrected chi connectivity index (χ2v) is 4.56. The van der Waals surface area contributed by atoms with Crippen LogP contribution in [0.3, 0.4) is 0 Å². The van der Waals surface area contributed by atoms with E-state index >= 15 is 0 Å². The number of fused-ring (bicyclic) bond motifs is 1. The zero-order chi connectivity index (χ0) is 8.55. The Labute approximate surface area is 89.7 Å². The van der Waals surface area contributed by atoms with Crippen LogP contribution in [0.15, 0.2) is 23.6 Å². The molecule has 0 bridgehead atoms. The van der Waals surface area contributed by atoms with Crippen molar-refractivity contribution in [2.75, 3.05) is 0 Å². The summed E-state index contributed by atoms with van der Waals surface area (Å²) < 4.78 is 2.50. The molecule has 1 aromatic heterocycles. The van der Waals surface area contributed by atoms with Crippen LogP contribution < -0.4 is 0 Å². The number of hydrogen-bond donors (Lipinski definition) is 0. The molecule has 12 heavy (non-hydrogen) atoms. The molecule has 0 fully saturated rings. The number of aryl methyl sites for hydroxylation is 1. The summed E-state index contributed by atoms with van der Waals surface area (Å²) in [5.74, 6) is 0. The molecule has 62 valence electrons. The van der Waals surface area contributed by atoms with Crippen LogP contribution in [0.4, 0.5) is 0 Å². The molecule has 1 heterocycles. The summed E-state index contributed by atoms with van der Waals surface area (Å²) in [5, 5.41) is 3.65. The number of thiophene rings is 1. The summed E-state index contributed by atoms with van der Waals surface area (Å²) in [4.78, 5) is 0. The van der Waals surface area contributed by atoms with Crippen LogP contribution >= 0.6 is 33.9 Å². The highest BCUT2D eigenvalue weighted by Crippen LogP contribution is 2.26. The van der Waals surface area contributed by atoms with Gasteiger partial charge >= 0.3 is 0 Å². The highest BCUT2D eigenvalue weighted by atomic mass is 127. The number of benzene rings is 1. The highest BCUT2D eigenvalue weighted by Gasteiger charge is 1.99. The summed E-state index contributed by atoms with van der Waals surface area (Å²) in [6.45, 7) is 2.18. The third kappa shape index (κ3) is 1.38. The van der Waals surface area contributed by atoms with Gasteiger partial charge in [0.15, 0.2) is 0 Å². The minimum absolute atomic E-state index is 1.10. The van der Waals surface area contributed by atoms with Gasteiger partial charge in [0, 0.05) is 9.13 Å². The summed E-state index contributed by atoms with van der Waals surface area (Å²) >= 11 is 4.23. The summed E-state index contributed by atoms with van der Waals surface area (Å²) in [6.07, 6.45) is 0. The van der Waals surface area contributed by atoms with Crippen LogP contribution in [0.25, 0.3) is 10.1 Å². The number of rotatable bonds is 1. The minimum atomic E-state index is 1.10. The Morgan fingerprint density at radius 1 is 1.42 bits per heavy atom. The van der Waals surface area contributed by atoms with Crippen LogP contribution in [0.2, 0.25) is 0 Å². The van der Waals surface area contributed by atoms with Gasteiger partial charge in [-0.05, 0) is 40.9 Å². The first-order valence-electron chi connectivity index (χ1n) is 3.84. The highest BCUT2D eigenvalue weighted by molar-refractivity contribution is 14.1. The van der Waals surface area contributed by atoms with E-state index in [1.54, 1.807) is 0 Å². The van der Waals surface area contributed by atoms with Crippen LogP contribution in [-0.2, 0) is 4.43 Å². The second kappa shape index (κ2) is 3.34. The van der Waals surface area contributed by atoms with Crippen molar-refractivity contribution < 1.29 is 0 Å². The molecule has 2 aromatic rings. The molecule has 0 atom stereocenters. The summed E-state index contributed by atoms with van der Waals surface area (Å²) in [6, 6.07) is 6.74. The Hall–Kier alpha value is -0.0900. The normalized spacial score (nSPS) is 10.8. The Morgan fingerprint density at radius 3 is 3.00 bits per heavy atom. The smallest absolute Gasteiger partial charge is 0.0345 e. The van der Waals surface area contributed by atoms with Crippen molar-refractivity contribution in [2.24, 2.45) is 0 Å². The van der Waals surface area contributed by atoms with Crippen molar-refractivity contribution in [3.8, 4) is 0 Å². The number of alkyl halides is 1. The Kier molecular flexibility index (Phi) is 2.37. The van der Waals surface area contributed by atoms with Crippen LogP contribution in [0.5, 0.6) is 0 Å². The standard InChI is InChI=1S/C10H9IS/c1-7-6-12-10-3-2-8(5-11)4-9(7)10/h2-4,6H,5H2,1H3. The van der Waals surface area contributed by atoms with E-state index in [1.807, 2.05) is 11.3 Å². The van der Waals surface area contributed by atoms with Gasteiger partial charge in [0.25, 0.3) is 0 Å². The van der Waals surface area contributed by atoms with E-state index in [0.717, 1.165) is 4.43 Å². The summed E-state index contributed by atoms with van der Waals surface area (Å²) in [7, 11) is 0. The van der Waals surface area contributed by atoms with Gasteiger partial charge in [-0.3, -0.25) is 0 Å². The fourth-order valence-corrected chi connectivity index (χ4v) is 2.69. The van der Waals surface area contributed by atoms with Gasteiger partial charge < -0.3 is 0 Å². The Morgan fingerprint density at radius 2 is 2.25 bits per heavy atom. The molecule has 1 aromatic carbocycles. The molecule has 2 rings (SSSR count). The van der Waals surface area contributed by atoms with Crippen molar-refractivity contribution in [1.82, 2.24) is 0 Å². The molecule has 0 aliphatic rings. The van der Waals surface area contributed by atoms with Crippen molar-refractivity contribution in [2.45, 2.75) is 11.4 Å². The lowest BCUT2D eigenvalue weighted by molar-refractivity contribution is 1.48. The third-order valence-corrected chi connectivity index (χ3v) is 3.95. The minimum Gasteiger partial charge on any atom is -0.144 e. The van der Waals surface area contributed by atoms with Gasteiger partial charge in [-0.2, -0.15) is 0 Å². The summed E-state index contributed by atoms with van der Waals surface area (Å²) in [5.41, 5.74) is 2.83. The molecule has 2 heteroatoms. The molecule has 0 N–H and O–H groups in total. The predicted octanol–water partition coefficient (Wildman–Crippen LogP) is 4.14. The van der Waals surface area contributed by atoms with Gasteiger partial charge in [0.1, 0.15) is 0 Å². The average Bonchev–Trinajstić information content (AvgIpc) is 2.47. The maximum absolute atomic E-state index is 2.40. The Bertz CT molecular complexity index is 403. The SMILES string of the molecule is Cc1csc2ccc(CI)cc12. The maximum Gasteiger partial charge on any atom is 0.0345 e. The quantitative estimate of drug-likeness (QED) is 0.546. The average molecular weight is 288 g/mol. The van der Waals surface area contributed by atoms with Gasteiger partial charge in [0.2, 0.25) is 0 Å². The van der Waals surface area contributed by atoms with Crippen molar-refractivity contribution in [3.63, 3.8) is 0 Å². The largest absolute Gasteiger partial charge is 0.144 e. The first-order valence-corrected chi connectivity index (χ1v) is 6.24. The van der Waals surface area contributed by atoms with E-state index in [0.29, 0.717) is 0 Å². The lowest BCUT2D eigenvalue weighted by Gasteiger charge is -1.95. The first kappa shape index (κ1) is 8.51. The first-order chi connectivity index (χ1) is 5.81. The van der Waals surface area contributed by atoms with Crippen molar-refractivity contribution in [1.29, 1.82) is 0 Å². The monoisotopic (exact) mass is 288 g/mol. The lowest BCUT2D eigenvalue weighted by atomic mass is 10.1. The van der Waals surface area contributed by atoms with Crippen LogP contribution in [-0.4, -0.2) is 0 Å². The molecule has 0 saturated heterocycles. The number of halogens is 1. The predicted molar refractivity (Wildman–Crippen MR) is 64.3 cm³/mol. The second-order valence-electron chi connectivity index (χ2n) is 2.88. The van der Waals surface area contributed by atoms with Gasteiger partial charge in [0.05, 0.1) is 0 Å². The van der Waals surface area contributed by atoms with E-state index in [9.17, 15) is 0 Å².